The highest BCUT2D eigenvalue weighted by molar-refractivity contribution is 5.83. The van der Waals surface area contributed by atoms with Gasteiger partial charge in [-0.1, -0.05) is 36.8 Å². The molecule has 0 bridgehead atoms. The Labute approximate surface area is 172 Å². The van der Waals surface area contributed by atoms with Crippen molar-refractivity contribution in [3.63, 3.8) is 0 Å². The minimum absolute atomic E-state index is 0.0680. The zero-order chi connectivity index (χ0) is 20.3. The Bertz CT molecular complexity index is 802. The van der Waals surface area contributed by atoms with Gasteiger partial charge in [-0.25, -0.2) is 5.43 Å². The molecule has 1 aliphatic rings. The van der Waals surface area contributed by atoms with Gasteiger partial charge in [-0.3, -0.25) is 4.79 Å². The Kier molecular flexibility index (Phi) is 8.07. The lowest BCUT2D eigenvalue weighted by atomic mass is 10.1. The van der Waals surface area contributed by atoms with Crippen LogP contribution in [0.3, 0.4) is 0 Å². The molecule has 1 fully saturated rings. The first kappa shape index (κ1) is 20.9. The number of benzene rings is 2. The van der Waals surface area contributed by atoms with E-state index in [1.165, 1.54) is 19.3 Å². The SMILES string of the molecule is COc1cc(/C=N/NC(=O)CCN2CCCCC2)ccc1OCc1ccccc1. The summed E-state index contributed by atoms with van der Waals surface area (Å²) in [6.07, 6.45) is 5.83. The van der Waals surface area contributed by atoms with Gasteiger partial charge in [0.25, 0.3) is 0 Å². The summed E-state index contributed by atoms with van der Waals surface area (Å²) in [5, 5.41) is 4.06. The Morgan fingerprint density at radius 3 is 2.66 bits per heavy atom. The molecule has 0 spiro atoms. The highest BCUT2D eigenvalue weighted by Crippen LogP contribution is 2.28. The molecule has 0 aromatic heterocycles. The van der Waals surface area contributed by atoms with Crippen LogP contribution in [0.25, 0.3) is 0 Å². The lowest BCUT2D eigenvalue weighted by Gasteiger charge is -2.25. The van der Waals surface area contributed by atoms with Gasteiger partial charge in [-0.2, -0.15) is 5.10 Å². The largest absolute Gasteiger partial charge is 0.493 e. The molecule has 0 aliphatic carbocycles. The summed E-state index contributed by atoms with van der Waals surface area (Å²) < 4.78 is 11.3. The number of methoxy groups -OCH3 is 1. The smallest absolute Gasteiger partial charge is 0.241 e. The molecule has 154 valence electrons. The normalized spacial score (nSPS) is 14.7. The summed E-state index contributed by atoms with van der Waals surface area (Å²) in [6.45, 7) is 3.45. The van der Waals surface area contributed by atoms with Gasteiger partial charge in [0, 0.05) is 13.0 Å². The molecule has 0 radical (unpaired) electrons. The van der Waals surface area contributed by atoms with Crippen molar-refractivity contribution < 1.29 is 14.3 Å². The van der Waals surface area contributed by atoms with Crippen LogP contribution in [-0.4, -0.2) is 43.8 Å². The van der Waals surface area contributed by atoms with Crippen LogP contribution in [0, 0.1) is 0 Å². The number of hydrazone groups is 1. The first-order chi connectivity index (χ1) is 14.2. The molecule has 2 aromatic rings. The fourth-order valence-corrected chi connectivity index (χ4v) is 3.30. The van der Waals surface area contributed by atoms with E-state index in [9.17, 15) is 4.79 Å². The monoisotopic (exact) mass is 395 g/mol. The number of piperidine rings is 1. The second kappa shape index (κ2) is 11.2. The van der Waals surface area contributed by atoms with E-state index in [1.54, 1.807) is 13.3 Å². The molecule has 3 rings (SSSR count). The van der Waals surface area contributed by atoms with Crippen molar-refractivity contribution in [1.29, 1.82) is 0 Å². The number of nitrogens with one attached hydrogen (secondary N) is 1. The molecule has 29 heavy (non-hydrogen) atoms. The average molecular weight is 396 g/mol. The van der Waals surface area contributed by atoms with Crippen molar-refractivity contribution in [3.8, 4) is 11.5 Å². The third-order valence-electron chi connectivity index (χ3n) is 4.93. The Balaban J connectivity index is 1.47. The molecule has 1 heterocycles. The number of likely N-dealkylation sites (tertiary alicyclic amines) is 1. The van der Waals surface area contributed by atoms with E-state index >= 15 is 0 Å². The van der Waals surface area contributed by atoms with E-state index in [1.807, 2.05) is 48.5 Å². The molecule has 1 N–H and O–H groups in total. The van der Waals surface area contributed by atoms with Gasteiger partial charge in [0.15, 0.2) is 11.5 Å². The highest BCUT2D eigenvalue weighted by atomic mass is 16.5. The van der Waals surface area contributed by atoms with Crippen molar-refractivity contribution >= 4 is 12.1 Å². The predicted octanol–water partition coefficient (Wildman–Crippen LogP) is 3.60. The van der Waals surface area contributed by atoms with Crippen molar-refractivity contribution in [2.75, 3.05) is 26.7 Å². The second-order valence-electron chi connectivity index (χ2n) is 7.13. The standard InChI is InChI=1S/C23H29N3O3/c1-28-22-16-20(10-11-21(22)29-18-19-8-4-2-5-9-19)17-24-25-23(27)12-15-26-13-6-3-7-14-26/h2,4-5,8-11,16-17H,3,6-7,12-15,18H2,1H3,(H,25,27)/b24-17+. The number of rotatable bonds is 9. The number of nitrogens with zero attached hydrogens (tertiary/aromatic N) is 2. The van der Waals surface area contributed by atoms with Crippen LogP contribution < -0.4 is 14.9 Å². The summed E-state index contributed by atoms with van der Waals surface area (Å²) >= 11 is 0. The number of ether oxygens (including phenoxy) is 2. The predicted molar refractivity (Wildman–Crippen MR) is 114 cm³/mol. The molecule has 0 unspecified atom stereocenters. The molecular formula is C23H29N3O3. The number of carbonyl (C=O) groups excluding carboxylic acids is 1. The summed E-state index contributed by atoms with van der Waals surface area (Å²) in [4.78, 5) is 14.3. The third-order valence-corrected chi connectivity index (χ3v) is 4.93. The summed E-state index contributed by atoms with van der Waals surface area (Å²) in [7, 11) is 1.61. The first-order valence-electron chi connectivity index (χ1n) is 10.1. The second-order valence-corrected chi connectivity index (χ2v) is 7.13. The van der Waals surface area contributed by atoms with Crippen LogP contribution >= 0.6 is 0 Å². The van der Waals surface area contributed by atoms with Crippen LogP contribution in [0.2, 0.25) is 0 Å². The average Bonchev–Trinajstić information content (AvgIpc) is 2.78. The van der Waals surface area contributed by atoms with Gasteiger partial charge < -0.3 is 14.4 Å². The molecule has 6 heteroatoms. The number of hydrogen-bond donors (Lipinski definition) is 1. The molecule has 0 atom stereocenters. The highest BCUT2D eigenvalue weighted by Gasteiger charge is 2.11. The fraction of sp³-hybridized carbons (Fsp3) is 0.391. The van der Waals surface area contributed by atoms with E-state index in [-0.39, 0.29) is 5.91 Å². The maximum atomic E-state index is 12.0. The third kappa shape index (κ3) is 6.91. The quantitative estimate of drug-likeness (QED) is 0.521. The Hall–Kier alpha value is -2.86. The minimum atomic E-state index is -0.0680. The topological polar surface area (TPSA) is 63.2 Å². The van der Waals surface area contributed by atoms with Gasteiger partial charge in [0.2, 0.25) is 5.91 Å². The molecule has 0 saturated carbocycles. The van der Waals surface area contributed by atoms with Crippen molar-refractivity contribution in [1.82, 2.24) is 10.3 Å². The lowest BCUT2D eigenvalue weighted by molar-refractivity contribution is -0.121. The summed E-state index contributed by atoms with van der Waals surface area (Å²) in [5.74, 6) is 1.22. The maximum Gasteiger partial charge on any atom is 0.241 e. The van der Waals surface area contributed by atoms with Crippen LogP contribution in [0.5, 0.6) is 11.5 Å². The van der Waals surface area contributed by atoms with E-state index in [0.717, 1.165) is 30.8 Å². The van der Waals surface area contributed by atoms with E-state index in [2.05, 4.69) is 15.4 Å². The van der Waals surface area contributed by atoms with Gasteiger partial charge in [0.1, 0.15) is 6.61 Å². The summed E-state index contributed by atoms with van der Waals surface area (Å²) in [5.41, 5.74) is 4.52. The number of amides is 1. The van der Waals surface area contributed by atoms with E-state index in [0.29, 0.717) is 24.5 Å². The molecular weight excluding hydrogens is 366 g/mol. The van der Waals surface area contributed by atoms with Crippen LogP contribution in [0.1, 0.15) is 36.8 Å². The zero-order valence-corrected chi connectivity index (χ0v) is 17.0. The molecule has 2 aromatic carbocycles. The van der Waals surface area contributed by atoms with Gasteiger partial charge >= 0.3 is 0 Å². The van der Waals surface area contributed by atoms with Crippen LogP contribution in [0.4, 0.5) is 0 Å². The van der Waals surface area contributed by atoms with E-state index < -0.39 is 0 Å². The molecule has 1 saturated heterocycles. The molecule has 1 amide bonds. The lowest BCUT2D eigenvalue weighted by Crippen LogP contribution is -2.33. The van der Waals surface area contributed by atoms with Crippen LogP contribution in [-0.2, 0) is 11.4 Å². The number of carbonyl (C=O) groups is 1. The van der Waals surface area contributed by atoms with E-state index in [4.69, 9.17) is 9.47 Å². The molecule has 1 aliphatic heterocycles. The molecule has 6 nitrogen and oxygen atoms in total. The van der Waals surface area contributed by atoms with Crippen molar-refractivity contribution in [2.24, 2.45) is 5.10 Å². The minimum Gasteiger partial charge on any atom is -0.493 e. The van der Waals surface area contributed by atoms with Gasteiger partial charge in [0.05, 0.1) is 13.3 Å². The first-order valence-corrected chi connectivity index (χ1v) is 10.1. The number of hydrogen-bond acceptors (Lipinski definition) is 5. The maximum absolute atomic E-state index is 12.0. The Morgan fingerprint density at radius 2 is 1.90 bits per heavy atom. The van der Waals surface area contributed by atoms with Crippen LogP contribution in [0.15, 0.2) is 53.6 Å². The Morgan fingerprint density at radius 1 is 1.10 bits per heavy atom. The zero-order valence-electron chi connectivity index (χ0n) is 17.0. The van der Waals surface area contributed by atoms with Gasteiger partial charge in [-0.15, -0.1) is 0 Å². The van der Waals surface area contributed by atoms with Crippen molar-refractivity contribution in [2.45, 2.75) is 32.3 Å². The van der Waals surface area contributed by atoms with Crippen molar-refractivity contribution in [3.05, 3.63) is 59.7 Å². The fourth-order valence-electron chi connectivity index (χ4n) is 3.30. The summed E-state index contributed by atoms with van der Waals surface area (Å²) in [6, 6.07) is 15.5. The van der Waals surface area contributed by atoms with Gasteiger partial charge in [-0.05, 0) is 55.3 Å².